The first kappa shape index (κ1) is 14.5. The van der Waals surface area contributed by atoms with Gasteiger partial charge >= 0.3 is 0 Å². The van der Waals surface area contributed by atoms with Gasteiger partial charge in [0, 0.05) is 23.5 Å². The molecule has 0 saturated carbocycles. The first-order valence-electron chi connectivity index (χ1n) is 5.54. The Morgan fingerprint density at radius 2 is 1.89 bits per heavy atom. The van der Waals surface area contributed by atoms with E-state index in [-0.39, 0.29) is 24.0 Å². The molecule has 0 aromatic heterocycles. The van der Waals surface area contributed by atoms with Crippen LogP contribution in [-0.4, -0.2) is 32.4 Å². The molecule has 0 aliphatic rings. The second-order valence-electron chi connectivity index (χ2n) is 3.71. The SMILES string of the molecule is CCS(=O)(=O)CCNC(=O)c1ccc(NN)cc1. The lowest BCUT2D eigenvalue weighted by molar-refractivity contribution is 0.0956. The molecule has 0 heterocycles. The fourth-order valence-electron chi connectivity index (χ4n) is 1.28. The molecule has 0 saturated heterocycles. The van der Waals surface area contributed by atoms with Gasteiger partial charge in [-0.05, 0) is 24.3 Å². The third kappa shape index (κ3) is 4.34. The van der Waals surface area contributed by atoms with Crippen LogP contribution in [0.15, 0.2) is 24.3 Å². The van der Waals surface area contributed by atoms with Crippen molar-refractivity contribution in [3.05, 3.63) is 29.8 Å². The summed E-state index contributed by atoms with van der Waals surface area (Å²) in [6.07, 6.45) is 0. The summed E-state index contributed by atoms with van der Waals surface area (Å²) < 4.78 is 22.5. The highest BCUT2D eigenvalue weighted by Gasteiger charge is 2.09. The van der Waals surface area contributed by atoms with Crippen molar-refractivity contribution in [2.45, 2.75) is 6.92 Å². The highest BCUT2D eigenvalue weighted by Crippen LogP contribution is 2.07. The third-order valence-corrected chi connectivity index (χ3v) is 4.16. The summed E-state index contributed by atoms with van der Waals surface area (Å²) in [6.45, 7) is 1.70. The van der Waals surface area contributed by atoms with Crippen LogP contribution in [0.2, 0.25) is 0 Å². The number of benzene rings is 1. The number of hydrogen-bond donors (Lipinski definition) is 3. The Labute approximate surface area is 106 Å². The number of hydrazine groups is 1. The molecule has 6 nitrogen and oxygen atoms in total. The van der Waals surface area contributed by atoms with Gasteiger partial charge in [0.05, 0.1) is 5.75 Å². The molecule has 1 aromatic rings. The minimum atomic E-state index is -3.05. The van der Waals surface area contributed by atoms with E-state index < -0.39 is 9.84 Å². The van der Waals surface area contributed by atoms with Gasteiger partial charge in [-0.1, -0.05) is 6.92 Å². The van der Waals surface area contributed by atoms with Gasteiger partial charge in [0.25, 0.3) is 5.91 Å². The highest BCUT2D eigenvalue weighted by molar-refractivity contribution is 7.91. The van der Waals surface area contributed by atoms with E-state index in [9.17, 15) is 13.2 Å². The van der Waals surface area contributed by atoms with Crippen molar-refractivity contribution in [1.29, 1.82) is 0 Å². The monoisotopic (exact) mass is 271 g/mol. The maximum atomic E-state index is 11.7. The Kier molecular flexibility index (Phi) is 5.11. The number of sulfone groups is 1. The molecule has 7 heteroatoms. The Morgan fingerprint density at radius 1 is 1.28 bits per heavy atom. The number of nitrogens with two attached hydrogens (primary N) is 1. The number of nitrogen functional groups attached to an aromatic ring is 1. The molecule has 1 amide bonds. The average Bonchev–Trinajstić information content (AvgIpc) is 2.38. The molecule has 1 aromatic carbocycles. The van der Waals surface area contributed by atoms with Crippen LogP contribution in [0.25, 0.3) is 0 Å². The lowest BCUT2D eigenvalue weighted by Crippen LogP contribution is -2.29. The lowest BCUT2D eigenvalue weighted by Gasteiger charge is -2.06. The number of hydrogen-bond acceptors (Lipinski definition) is 5. The van der Waals surface area contributed by atoms with Gasteiger partial charge in [-0.25, -0.2) is 8.42 Å². The van der Waals surface area contributed by atoms with E-state index in [4.69, 9.17) is 5.84 Å². The van der Waals surface area contributed by atoms with E-state index in [2.05, 4.69) is 10.7 Å². The van der Waals surface area contributed by atoms with Crippen LogP contribution < -0.4 is 16.6 Å². The molecule has 0 radical (unpaired) electrons. The summed E-state index contributed by atoms with van der Waals surface area (Å²) in [4.78, 5) is 11.7. The number of carbonyl (C=O) groups is 1. The number of rotatable bonds is 6. The number of carbonyl (C=O) groups excluding carboxylic acids is 1. The second-order valence-corrected chi connectivity index (χ2v) is 6.19. The quantitative estimate of drug-likeness (QED) is 0.504. The predicted octanol–water partition coefficient (Wildman–Crippen LogP) is 0.137. The number of anilines is 1. The zero-order valence-electron chi connectivity index (χ0n) is 10.1. The van der Waals surface area contributed by atoms with Crippen molar-refractivity contribution in [2.24, 2.45) is 5.84 Å². The van der Waals surface area contributed by atoms with Crippen molar-refractivity contribution in [3.63, 3.8) is 0 Å². The first-order chi connectivity index (χ1) is 8.48. The average molecular weight is 271 g/mol. The van der Waals surface area contributed by atoms with Gasteiger partial charge in [-0.15, -0.1) is 0 Å². The van der Waals surface area contributed by atoms with Crippen LogP contribution in [0.1, 0.15) is 17.3 Å². The van der Waals surface area contributed by atoms with Gasteiger partial charge in [0.1, 0.15) is 0 Å². The van der Waals surface area contributed by atoms with E-state index >= 15 is 0 Å². The fourth-order valence-corrected chi connectivity index (χ4v) is 1.99. The molecule has 1 rings (SSSR count). The number of amides is 1. The molecule has 0 fully saturated rings. The predicted molar refractivity (Wildman–Crippen MR) is 70.9 cm³/mol. The molecule has 4 N–H and O–H groups in total. The van der Waals surface area contributed by atoms with Crippen LogP contribution in [0, 0.1) is 0 Å². The molecule has 0 aliphatic carbocycles. The Morgan fingerprint density at radius 3 is 2.39 bits per heavy atom. The summed E-state index contributed by atoms with van der Waals surface area (Å²) in [6, 6.07) is 6.55. The normalized spacial score (nSPS) is 11.0. The summed E-state index contributed by atoms with van der Waals surface area (Å²) in [5.41, 5.74) is 3.61. The van der Waals surface area contributed by atoms with E-state index in [0.717, 1.165) is 0 Å². The van der Waals surface area contributed by atoms with Crippen LogP contribution >= 0.6 is 0 Å². The molecular formula is C11H17N3O3S. The van der Waals surface area contributed by atoms with E-state index in [1.54, 1.807) is 31.2 Å². The molecule has 0 aliphatic heterocycles. The maximum Gasteiger partial charge on any atom is 0.251 e. The zero-order chi connectivity index (χ0) is 13.6. The molecule has 0 unspecified atom stereocenters. The molecule has 0 spiro atoms. The summed E-state index contributed by atoms with van der Waals surface area (Å²) in [5, 5.41) is 2.56. The Bertz CT molecular complexity index is 497. The Hall–Kier alpha value is -1.60. The molecular weight excluding hydrogens is 254 g/mol. The van der Waals surface area contributed by atoms with Crippen molar-refractivity contribution in [2.75, 3.05) is 23.5 Å². The summed E-state index contributed by atoms with van der Waals surface area (Å²) in [7, 11) is -3.05. The molecule has 18 heavy (non-hydrogen) atoms. The lowest BCUT2D eigenvalue weighted by atomic mass is 10.2. The van der Waals surface area contributed by atoms with Crippen LogP contribution in [0.3, 0.4) is 0 Å². The van der Waals surface area contributed by atoms with E-state index in [1.807, 2.05) is 0 Å². The standard InChI is InChI=1S/C11H17N3O3S/c1-2-18(16,17)8-7-13-11(15)9-3-5-10(14-12)6-4-9/h3-6,14H,2,7-8,12H2,1H3,(H,13,15). The zero-order valence-corrected chi connectivity index (χ0v) is 11.0. The summed E-state index contributed by atoms with van der Waals surface area (Å²) >= 11 is 0. The van der Waals surface area contributed by atoms with Gasteiger partial charge < -0.3 is 10.7 Å². The minimum absolute atomic E-state index is 0.0440. The third-order valence-electron chi connectivity index (χ3n) is 2.45. The van der Waals surface area contributed by atoms with E-state index in [1.165, 1.54) is 0 Å². The maximum absolute atomic E-state index is 11.7. The smallest absolute Gasteiger partial charge is 0.251 e. The fraction of sp³-hybridized carbons (Fsp3) is 0.364. The minimum Gasteiger partial charge on any atom is -0.351 e. The van der Waals surface area contributed by atoms with Gasteiger partial charge in [-0.2, -0.15) is 0 Å². The van der Waals surface area contributed by atoms with Crippen molar-refractivity contribution in [3.8, 4) is 0 Å². The largest absolute Gasteiger partial charge is 0.351 e. The van der Waals surface area contributed by atoms with Crippen molar-refractivity contribution in [1.82, 2.24) is 5.32 Å². The van der Waals surface area contributed by atoms with Crippen molar-refractivity contribution >= 4 is 21.4 Å². The second kappa shape index (κ2) is 6.36. The van der Waals surface area contributed by atoms with Crippen LogP contribution in [0.5, 0.6) is 0 Å². The first-order valence-corrected chi connectivity index (χ1v) is 7.36. The van der Waals surface area contributed by atoms with Crippen molar-refractivity contribution < 1.29 is 13.2 Å². The van der Waals surface area contributed by atoms with Gasteiger partial charge in [0.2, 0.25) is 0 Å². The number of nitrogens with one attached hydrogen (secondary N) is 2. The highest BCUT2D eigenvalue weighted by atomic mass is 32.2. The molecule has 0 bridgehead atoms. The van der Waals surface area contributed by atoms with E-state index in [0.29, 0.717) is 11.3 Å². The van der Waals surface area contributed by atoms with Crippen LogP contribution in [-0.2, 0) is 9.84 Å². The Balaban J connectivity index is 2.50. The topological polar surface area (TPSA) is 101 Å². The van der Waals surface area contributed by atoms with Gasteiger partial charge in [-0.3, -0.25) is 10.6 Å². The van der Waals surface area contributed by atoms with Gasteiger partial charge in [0.15, 0.2) is 9.84 Å². The molecule has 0 atom stereocenters. The van der Waals surface area contributed by atoms with Crippen LogP contribution in [0.4, 0.5) is 5.69 Å². The summed E-state index contributed by atoms with van der Waals surface area (Å²) in [5.74, 6) is 4.94. The molecule has 100 valence electrons.